The zero-order valence-corrected chi connectivity index (χ0v) is 15.3. The molecule has 0 radical (unpaired) electrons. The monoisotopic (exact) mass is 365 g/mol. The van der Waals surface area contributed by atoms with Gasteiger partial charge in [-0.25, -0.2) is 14.6 Å². The molecule has 2 aromatic rings. The van der Waals surface area contributed by atoms with Crippen molar-refractivity contribution in [3.8, 4) is 5.75 Å². The molecule has 1 aliphatic rings. The molecule has 27 heavy (non-hydrogen) atoms. The minimum atomic E-state index is -0.577. The standard InChI is InChI=1S/C21H19NO5/c1-13(2)26-16-10-8-14(9-11-16)19-22-18(21(24)27-19)12-15-6-4-5-7-17(15)20(23)25-3/h4-13H,1-3H3. The number of methoxy groups -OCH3 is 1. The van der Waals surface area contributed by atoms with E-state index in [0.29, 0.717) is 16.7 Å². The van der Waals surface area contributed by atoms with Crippen LogP contribution in [0.1, 0.15) is 35.3 Å². The van der Waals surface area contributed by atoms with Crippen LogP contribution in [0, 0.1) is 0 Å². The molecule has 0 atom stereocenters. The average Bonchev–Trinajstić information content (AvgIpc) is 3.02. The van der Waals surface area contributed by atoms with Crippen LogP contribution < -0.4 is 4.74 Å². The molecule has 0 unspecified atom stereocenters. The van der Waals surface area contributed by atoms with Crippen molar-refractivity contribution < 1.29 is 23.8 Å². The van der Waals surface area contributed by atoms with Crippen molar-refractivity contribution >= 4 is 23.9 Å². The third-order valence-corrected chi connectivity index (χ3v) is 3.75. The lowest BCUT2D eigenvalue weighted by Gasteiger charge is -2.09. The average molecular weight is 365 g/mol. The molecule has 2 aromatic carbocycles. The highest BCUT2D eigenvalue weighted by molar-refractivity contribution is 6.13. The van der Waals surface area contributed by atoms with Crippen molar-refractivity contribution in [3.63, 3.8) is 0 Å². The lowest BCUT2D eigenvalue weighted by molar-refractivity contribution is -0.129. The number of cyclic esters (lactones) is 1. The number of benzene rings is 2. The summed E-state index contributed by atoms with van der Waals surface area (Å²) in [6, 6.07) is 13.9. The molecule has 0 spiro atoms. The van der Waals surface area contributed by atoms with Crippen LogP contribution >= 0.6 is 0 Å². The number of nitrogens with zero attached hydrogens (tertiary/aromatic N) is 1. The van der Waals surface area contributed by atoms with E-state index >= 15 is 0 Å². The van der Waals surface area contributed by atoms with Crippen LogP contribution in [0.4, 0.5) is 0 Å². The van der Waals surface area contributed by atoms with Gasteiger partial charge < -0.3 is 14.2 Å². The van der Waals surface area contributed by atoms with Gasteiger partial charge in [-0.05, 0) is 55.8 Å². The Bertz CT molecular complexity index is 926. The van der Waals surface area contributed by atoms with Gasteiger partial charge in [0.25, 0.3) is 0 Å². The molecule has 0 bridgehead atoms. The smallest absolute Gasteiger partial charge is 0.363 e. The number of carbonyl (C=O) groups excluding carboxylic acids is 2. The van der Waals surface area contributed by atoms with Crippen LogP contribution in [0.25, 0.3) is 6.08 Å². The number of carbonyl (C=O) groups is 2. The maximum Gasteiger partial charge on any atom is 0.363 e. The third-order valence-electron chi connectivity index (χ3n) is 3.75. The first-order valence-electron chi connectivity index (χ1n) is 8.45. The van der Waals surface area contributed by atoms with Gasteiger partial charge in [0.2, 0.25) is 5.90 Å². The quantitative estimate of drug-likeness (QED) is 0.598. The van der Waals surface area contributed by atoms with E-state index in [9.17, 15) is 9.59 Å². The Morgan fingerprint density at radius 3 is 2.48 bits per heavy atom. The number of esters is 2. The van der Waals surface area contributed by atoms with Crippen molar-refractivity contribution in [1.82, 2.24) is 0 Å². The van der Waals surface area contributed by atoms with Gasteiger partial charge >= 0.3 is 11.9 Å². The molecule has 0 aliphatic carbocycles. The molecule has 0 saturated heterocycles. The van der Waals surface area contributed by atoms with E-state index in [-0.39, 0.29) is 17.7 Å². The second kappa shape index (κ2) is 7.86. The summed E-state index contributed by atoms with van der Waals surface area (Å²) in [6.07, 6.45) is 1.58. The largest absolute Gasteiger partial charge is 0.491 e. The fraction of sp³-hybridized carbons (Fsp3) is 0.190. The molecular formula is C21H19NO5. The van der Waals surface area contributed by atoms with E-state index in [4.69, 9.17) is 14.2 Å². The van der Waals surface area contributed by atoms with Gasteiger partial charge in [0.15, 0.2) is 5.70 Å². The van der Waals surface area contributed by atoms with Crippen LogP contribution in [0.5, 0.6) is 5.75 Å². The van der Waals surface area contributed by atoms with E-state index in [1.165, 1.54) is 13.2 Å². The van der Waals surface area contributed by atoms with Crippen molar-refractivity contribution in [2.24, 2.45) is 4.99 Å². The van der Waals surface area contributed by atoms with Gasteiger partial charge in [-0.3, -0.25) is 0 Å². The fourth-order valence-electron chi connectivity index (χ4n) is 2.55. The lowest BCUT2D eigenvalue weighted by atomic mass is 10.1. The van der Waals surface area contributed by atoms with E-state index < -0.39 is 11.9 Å². The first kappa shape index (κ1) is 18.4. The summed E-state index contributed by atoms with van der Waals surface area (Å²) in [6.45, 7) is 3.89. The van der Waals surface area contributed by atoms with Crippen LogP contribution in [0.15, 0.2) is 59.2 Å². The van der Waals surface area contributed by atoms with E-state index in [1.54, 1.807) is 48.5 Å². The Hall–Kier alpha value is -3.41. The van der Waals surface area contributed by atoms with Gasteiger partial charge in [-0.2, -0.15) is 0 Å². The van der Waals surface area contributed by atoms with Crippen LogP contribution in [-0.4, -0.2) is 31.1 Å². The topological polar surface area (TPSA) is 74.2 Å². The highest BCUT2D eigenvalue weighted by Crippen LogP contribution is 2.22. The molecule has 3 rings (SSSR count). The molecule has 0 fully saturated rings. The zero-order chi connectivity index (χ0) is 19.4. The van der Waals surface area contributed by atoms with Gasteiger partial charge in [0.05, 0.1) is 18.8 Å². The fourth-order valence-corrected chi connectivity index (χ4v) is 2.55. The summed E-state index contributed by atoms with van der Waals surface area (Å²) in [7, 11) is 1.30. The minimum absolute atomic E-state index is 0.0712. The number of ether oxygens (including phenoxy) is 3. The zero-order valence-electron chi connectivity index (χ0n) is 15.3. The molecule has 6 nitrogen and oxygen atoms in total. The van der Waals surface area contributed by atoms with Crippen molar-refractivity contribution in [1.29, 1.82) is 0 Å². The van der Waals surface area contributed by atoms with Crippen molar-refractivity contribution in [2.45, 2.75) is 20.0 Å². The predicted molar refractivity (Wildman–Crippen MR) is 101 cm³/mol. The number of rotatable bonds is 5. The summed E-state index contributed by atoms with van der Waals surface area (Å²) in [5.41, 5.74) is 1.65. The van der Waals surface area contributed by atoms with E-state index in [2.05, 4.69) is 4.99 Å². The molecule has 1 heterocycles. The van der Waals surface area contributed by atoms with Crippen LogP contribution in [0.2, 0.25) is 0 Å². The lowest BCUT2D eigenvalue weighted by Crippen LogP contribution is -2.07. The Labute approximate surface area is 157 Å². The van der Waals surface area contributed by atoms with Gasteiger partial charge in [0, 0.05) is 5.56 Å². The first-order chi connectivity index (χ1) is 13.0. The highest BCUT2D eigenvalue weighted by atomic mass is 16.6. The van der Waals surface area contributed by atoms with Crippen molar-refractivity contribution in [3.05, 3.63) is 70.9 Å². The molecule has 0 amide bonds. The number of hydrogen-bond acceptors (Lipinski definition) is 6. The molecule has 6 heteroatoms. The Morgan fingerprint density at radius 1 is 1.11 bits per heavy atom. The summed E-state index contributed by atoms with van der Waals surface area (Å²) in [5.74, 6) is -0.134. The molecule has 0 aromatic heterocycles. The van der Waals surface area contributed by atoms with E-state index in [1.807, 2.05) is 13.8 Å². The van der Waals surface area contributed by atoms with Gasteiger partial charge in [-0.15, -0.1) is 0 Å². The number of hydrogen-bond donors (Lipinski definition) is 0. The summed E-state index contributed by atoms with van der Waals surface area (Å²) >= 11 is 0. The Morgan fingerprint density at radius 2 is 1.81 bits per heavy atom. The maximum absolute atomic E-state index is 12.2. The van der Waals surface area contributed by atoms with Gasteiger partial charge in [-0.1, -0.05) is 18.2 Å². The molecule has 1 aliphatic heterocycles. The summed E-state index contributed by atoms with van der Waals surface area (Å²) < 4.78 is 15.6. The Balaban J connectivity index is 1.89. The molecule has 0 N–H and O–H groups in total. The van der Waals surface area contributed by atoms with Gasteiger partial charge in [0.1, 0.15) is 5.75 Å². The highest BCUT2D eigenvalue weighted by Gasteiger charge is 2.25. The van der Waals surface area contributed by atoms with Crippen LogP contribution in [-0.2, 0) is 14.3 Å². The minimum Gasteiger partial charge on any atom is -0.491 e. The summed E-state index contributed by atoms with van der Waals surface area (Å²) in [5, 5.41) is 0. The molecule has 138 valence electrons. The van der Waals surface area contributed by atoms with Crippen LogP contribution in [0.3, 0.4) is 0 Å². The molecular weight excluding hydrogens is 346 g/mol. The summed E-state index contributed by atoms with van der Waals surface area (Å²) in [4.78, 5) is 28.3. The van der Waals surface area contributed by atoms with Crippen molar-refractivity contribution in [2.75, 3.05) is 7.11 Å². The number of aliphatic imine (C=N–C) groups is 1. The normalized spacial score (nSPS) is 14.9. The third kappa shape index (κ3) is 4.23. The predicted octanol–water partition coefficient (Wildman–Crippen LogP) is 3.60. The van der Waals surface area contributed by atoms with E-state index in [0.717, 1.165) is 5.75 Å². The first-order valence-corrected chi connectivity index (χ1v) is 8.45. The SMILES string of the molecule is COC(=O)c1ccccc1C=C1N=C(c2ccc(OC(C)C)cc2)OC1=O. The second-order valence-electron chi connectivity index (χ2n) is 6.11. The Kier molecular flexibility index (Phi) is 5.35. The second-order valence-corrected chi connectivity index (χ2v) is 6.11. The molecule has 0 saturated carbocycles. The maximum atomic E-state index is 12.2.